The molecule has 0 saturated heterocycles. The highest BCUT2D eigenvalue weighted by Crippen LogP contribution is 2.19. The van der Waals surface area contributed by atoms with Gasteiger partial charge in [-0.25, -0.2) is 9.59 Å². The molecule has 0 radical (unpaired) electrons. The number of aryl methyl sites for hydroxylation is 2. The second kappa shape index (κ2) is 7.16. The van der Waals surface area contributed by atoms with Gasteiger partial charge in [-0.15, -0.1) is 0 Å². The average molecular weight is 332 g/mol. The van der Waals surface area contributed by atoms with Crippen molar-refractivity contribution in [3.63, 3.8) is 0 Å². The van der Waals surface area contributed by atoms with Gasteiger partial charge in [-0.3, -0.25) is 4.79 Å². The van der Waals surface area contributed by atoms with E-state index in [0.29, 0.717) is 22.5 Å². The van der Waals surface area contributed by atoms with Crippen LogP contribution in [0, 0.1) is 13.8 Å². The first-order chi connectivity index (χ1) is 11.4. The number of nitrogens with one attached hydrogen (secondary N) is 1. The molecule has 2 aromatic rings. The molecule has 1 N–H and O–H groups in total. The van der Waals surface area contributed by atoms with E-state index in [9.17, 15) is 14.4 Å². The lowest BCUT2D eigenvalue weighted by molar-refractivity contribution is 0.0464. The van der Waals surface area contributed by atoms with E-state index in [4.69, 9.17) is 9.47 Å². The lowest BCUT2D eigenvalue weighted by atomic mass is 10.1. The van der Waals surface area contributed by atoms with Gasteiger partial charge in [0.1, 0.15) is 11.4 Å². The maximum Gasteiger partial charge on any atom is 0.355 e. The zero-order valence-corrected chi connectivity index (χ0v) is 14.1. The molecule has 0 saturated carbocycles. The number of aromatic nitrogens is 2. The number of H-pyrrole nitrogens is 1. The number of carbonyl (C=O) groups is 3. The van der Waals surface area contributed by atoms with Crippen molar-refractivity contribution in [2.75, 3.05) is 13.2 Å². The first-order valence-electron chi connectivity index (χ1n) is 7.54. The van der Waals surface area contributed by atoms with Crippen LogP contribution >= 0.6 is 0 Å². The fourth-order valence-corrected chi connectivity index (χ4v) is 2.53. The molecule has 0 spiro atoms. The summed E-state index contributed by atoms with van der Waals surface area (Å²) in [7, 11) is 1.71. The predicted molar refractivity (Wildman–Crippen MR) is 86.2 cm³/mol. The lowest BCUT2D eigenvalue weighted by Gasteiger charge is -2.06. The number of carbonyl (C=O) groups excluding carboxylic acids is 3. The van der Waals surface area contributed by atoms with Crippen molar-refractivity contribution in [3.8, 4) is 0 Å². The highest BCUT2D eigenvalue weighted by molar-refractivity contribution is 6.04. The molecule has 0 aliphatic carbocycles. The number of aromatic amines is 1. The third-order valence-corrected chi connectivity index (χ3v) is 3.68. The zero-order valence-electron chi connectivity index (χ0n) is 14.1. The molecule has 0 aromatic carbocycles. The Morgan fingerprint density at radius 3 is 2.46 bits per heavy atom. The Bertz CT molecular complexity index is 785. The van der Waals surface area contributed by atoms with Crippen LogP contribution in [0.2, 0.25) is 0 Å². The van der Waals surface area contributed by atoms with Crippen molar-refractivity contribution >= 4 is 17.7 Å². The van der Waals surface area contributed by atoms with E-state index in [1.807, 2.05) is 0 Å². The number of Topliss-reactive ketones (excluding diaryl/α,β-unsaturated/α-hetero) is 1. The molecule has 0 aliphatic rings. The third-order valence-electron chi connectivity index (χ3n) is 3.68. The molecule has 0 aliphatic heterocycles. The normalized spacial score (nSPS) is 10.5. The molecular formula is C17H20N2O5. The fourth-order valence-electron chi connectivity index (χ4n) is 2.53. The Labute approximate surface area is 139 Å². The van der Waals surface area contributed by atoms with Crippen molar-refractivity contribution in [1.82, 2.24) is 9.55 Å². The van der Waals surface area contributed by atoms with Gasteiger partial charge in [-0.2, -0.15) is 0 Å². The summed E-state index contributed by atoms with van der Waals surface area (Å²) < 4.78 is 11.6. The number of rotatable bonds is 6. The molecule has 2 aromatic heterocycles. The Morgan fingerprint density at radius 1 is 1.17 bits per heavy atom. The van der Waals surface area contributed by atoms with Crippen LogP contribution in [0.3, 0.4) is 0 Å². The summed E-state index contributed by atoms with van der Waals surface area (Å²) in [6, 6.07) is 3.32. The second-order valence-corrected chi connectivity index (χ2v) is 5.35. The number of nitrogens with zero attached hydrogens (tertiary/aromatic N) is 1. The van der Waals surface area contributed by atoms with Gasteiger partial charge in [0, 0.05) is 24.5 Å². The van der Waals surface area contributed by atoms with Gasteiger partial charge in [-0.05, 0) is 38.5 Å². The molecule has 0 fully saturated rings. The van der Waals surface area contributed by atoms with Crippen LogP contribution in [0.15, 0.2) is 18.3 Å². The number of hydrogen-bond donors (Lipinski definition) is 1. The van der Waals surface area contributed by atoms with Crippen molar-refractivity contribution in [1.29, 1.82) is 0 Å². The van der Waals surface area contributed by atoms with Gasteiger partial charge >= 0.3 is 11.9 Å². The van der Waals surface area contributed by atoms with Crippen molar-refractivity contribution in [3.05, 3.63) is 46.5 Å². The molecule has 0 amide bonds. The summed E-state index contributed by atoms with van der Waals surface area (Å²) in [6.07, 6.45) is 1.71. The second-order valence-electron chi connectivity index (χ2n) is 5.35. The maximum absolute atomic E-state index is 12.4. The largest absolute Gasteiger partial charge is 0.461 e. The number of ketones is 1. The topological polar surface area (TPSA) is 90.4 Å². The van der Waals surface area contributed by atoms with Crippen molar-refractivity contribution in [2.24, 2.45) is 7.05 Å². The van der Waals surface area contributed by atoms with Crippen LogP contribution in [0.1, 0.15) is 49.5 Å². The predicted octanol–water partition coefficient (Wildman–Crippen LogP) is 2.19. The molecule has 0 atom stereocenters. The number of hydrogen-bond acceptors (Lipinski definition) is 5. The molecule has 2 heterocycles. The summed E-state index contributed by atoms with van der Waals surface area (Å²) in [6.45, 7) is 4.89. The maximum atomic E-state index is 12.4. The smallest absolute Gasteiger partial charge is 0.355 e. The minimum Gasteiger partial charge on any atom is -0.461 e. The highest BCUT2D eigenvalue weighted by Gasteiger charge is 2.23. The fraction of sp³-hybridized carbons (Fsp3) is 0.353. The van der Waals surface area contributed by atoms with Crippen molar-refractivity contribution in [2.45, 2.75) is 20.8 Å². The average Bonchev–Trinajstić information content (AvgIpc) is 3.08. The van der Waals surface area contributed by atoms with E-state index < -0.39 is 18.5 Å². The standard InChI is InChI=1S/C17H20N2O5/c1-5-23-17(22)15-10(2)14(11(3)18-15)13(20)9-24-16(21)12-7-6-8-19(12)4/h6-8,18H,5,9H2,1-4H3. The summed E-state index contributed by atoms with van der Waals surface area (Å²) in [5, 5.41) is 0. The van der Waals surface area contributed by atoms with E-state index in [2.05, 4.69) is 4.98 Å². The van der Waals surface area contributed by atoms with Gasteiger partial charge in [0.2, 0.25) is 5.78 Å². The van der Waals surface area contributed by atoms with E-state index >= 15 is 0 Å². The number of ether oxygens (including phenoxy) is 2. The van der Waals surface area contributed by atoms with E-state index in [-0.39, 0.29) is 18.1 Å². The Hall–Kier alpha value is -2.83. The third kappa shape index (κ3) is 3.40. The first-order valence-corrected chi connectivity index (χ1v) is 7.54. The molecule has 128 valence electrons. The van der Waals surface area contributed by atoms with Crippen LogP contribution in [-0.4, -0.2) is 40.5 Å². The summed E-state index contributed by atoms with van der Waals surface area (Å²) >= 11 is 0. The zero-order chi connectivity index (χ0) is 17.9. The van der Waals surface area contributed by atoms with Crippen molar-refractivity contribution < 1.29 is 23.9 Å². The lowest BCUT2D eigenvalue weighted by Crippen LogP contribution is -2.17. The van der Waals surface area contributed by atoms with E-state index in [1.165, 1.54) is 0 Å². The van der Waals surface area contributed by atoms with Crippen LogP contribution < -0.4 is 0 Å². The Morgan fingerprint density at radius 2 is 1.88 bits per heavy atom. The summed E-state index contributed by atoms with van der Waals surface area (Å²) in [5.74, 6) is -1.47. The minimum atomic E-state index is -0.577. The van der Waals surface area contributed by atoms with Gasteiger partial charge in [0.05, 0.1) is 6.61 Å². The van der Waals surface area contributed by atoms with Gasteiger partial charge in [0.15, 0.2) is 6.61 Å². The molecule has 24 heavy (non-hydrogen) atoms. The van der Waals surface area contributed by atoms with Gasteiger partial charge < -0.3 is 19.0 Å². The molecule has 2 rings (SSSR count). The van der Waals surface area contributed by atoms with Crippen LogP contribution in [0.4, 0.5) is 0 Å². The van der Waals surface area contributed by atoms with Gasteiger partial charge in [0.25, 0.3) is 0 Å². The Balaban J connectivity index is 2.11. The Kier molecular flexibility index (Phi) is 5.23. The summed E-state index contributed by atoms with van der Waals surface area (Å²) in [5.41, 5.74) is 1.98. The summed E-state index contributed by atoms with van der Waals surface area (Å²) in [4.78, 5) is 39.1. The molecule has 7 nitrogen and oxygen atoms in total. The molecule has 0 unspecified atom stereocenters. The minimum absolute atomic E-state index is 0.242. The van der Waals surface area contributed by atoms with Crippen LogP contribution in [-0.2, 0) is 16.5 Å². The van der Waals surface area contributed by atoms with Gasteiger partial charge in [-0.1, -0.05) is 0 Å². The monoisotopic (exact) mass is 332 g/mol. The number of esters is 2. The quantitative estimate of drug-likeness (QED) is 0.647. The molecule has 0 bridgehead atoms. The SMILES string of the molecule is CCOC(=O)c1[nH]c(C)c(C(=O)COC(=O)c2cccn2C)c1C. The highest BCUT2D eigenvalue weighted by atomic mass is 16.5. The molecule has 7 heteroatoms. The van der Waals surface area contributed by atoms with E-state index in [1.54, 1.807) is 50.7 Å². The van der Waals surface area contributed by atoms with Crippen LogP contribution in [0.25, 0.3) is 0 Å². The van der Waals surface area contributed by atoms with Crippen LogP contribution in [0.5, 0.6) is 0 Å². The molecular weight excluding hydrogens is 312 g/mol. The first kappa shape index (κ1) is 17.5. The van der Waals surface area contributed by atoms with E-state index in [0.717, 1.165) is 0 Å².